The minimum absolute atomic E-state index is 0.0124. The number of phenolic OH excluding ortho intramolecular Hbond substituents is 4. The van der Waals surface area contributed by atoms with Crippen molar-refractivity contribution in [1.82, 2.24) is 0 Å². The molecule has 0 amide bonds. The molecule has 0 saturated carbocycles. The second-order valence-electron chi connectivity index (χ2n) is 26.7. The Morgan fingerprint density at radius 3 is 1.46 bits per heavy atom. The monoisotopic (exact) mass is 1500 g/mol. The fraction of sp³-hybridized carbons (Fsp3) is 0.152. The first-order valence-corrected chi connectivity index (χ1v) is 36.5. The third kappa shape index (κ3) is 15.7. The summed E-state index contributed by atoms with van der Waals surface area (Å²) in [6.07, 6.45) is 25.8. The SMILES string of the molecule is C=C1CCc2c1cc(/C=C/C=C/C)c(S)c2C=O.C=C1CCc2c1ccc(S)c2C(=O)CCCC.C=C1CCc2cc(S)c(/C=C/C)cc21.C=Cc1cc2c(cc1O)-c1cc(O)c(C=O)cc1C2=O.Cc1ccc2c(c1C=O)-c1c(ccc(O)c1C=O)C2=O.Cc1ccc2c(c1C=O)-c1cc(O)c(C=O)cc1C2=O. The molecule has 0 radical (unpaired) electrons. The number of aryl methyl sites for hydroxylation is 3. The molecular formula is C92H78O14S3. The molecule has 0 bridgehead atoms. The summed E-state index contributed by atoms with van der Waals surface area (Å²) in [5.74, 6) is -1.03. The standard InChI is InChI=1S/3C16H10O4.C16H16OS.C15H18OS.C13H14S/c1-8-2-3-10-15(13(8)7-18)11-5-14(19)9(6-17)4-12(11)16(10)20;1-8-2-3-9-14(11(8)6-17)15-10(16(9)20)4-5-13(19)12(15)7-18;1-2-8-3-12-10(5-14(8)18)11-6-15(19)9(7-17)4-13(11)16(12)20;1-3-4-5-6-12-9-14-11(2)7-8-13(14)15(10-17)16(12)18;1-3-4-5-13(16)15-12-7-6-10(2)11(12)8-9-14(15)17;1-3-4-11-7-12-9(2)5-6-10(12)8-13(11)14/h2*2-7,19H,1H3;2-7,18-19H,1H2;3-6,9-10,18H,2,7-8H2,1H3;8-9,17H,2-7H2,1H3;3-4,7-8,14H,2,5-6H2,1H3/b;;;4-3+,6-5+;;4-3+. The molecule has 14 nitrogen and oxygen atoms in total. The van der Waals surface area contributed by atoms with Gasteiger partial charge in [-0.25, -0.2) is 0 Å². The lowest BCUT2D eigenvalue weighted by molar-refractivity contribution is 0.0972. The average molecular weight is 1500 g/mol. The summed E-state index contributed by atoms with van der Waals surface area (Å²) in [6.45, 7) is 25.4. The lowest BCUT2D eigenvalue weighted by Gasteiger charge is -2.10. The Labute approximate surface area is 648 Å². The van der Waals surface area contributed by atoms with E-state index in [1.807, 2.05) is 56.4 Å². The number of carbonyl (C=O) groups excluding carboxylic acids is 10. The highest BCUT2D eigenvalue weighted by Crippen LogP contribution is 2.47. The van der Waals surface area contributed by atoms with Gasteiger partial charge in [0.2, 0.25) is 0 Å². The van der Waals surface area contributed by atoms with Crippen molar-refractivity contribution >= 4 is 134 Å². The quantitative estimate of drug-likeness (QED) is 0.0232. The van der Waals surface area contributed by atoms with E-state index in [-0.39, 0.29) is 62.8 Å². The summed E-state index contributed by atoms with van der Waals surface area (Å²) >= 11 is 13.4. The van der Waals surface area contributed by atoms with Crippen LogP contribution in [-0.4, -0.2) is 81.3 Å². The lowest BCUT2D eigenvalue weighted by Crippen LogP contribution is -2.05. The van der Waals surface area contributed by atoms with Crippen LogP contribution in [0.25, 0.3) is 68.3 Å². The van der Waals surface area contributed by atoms with Crippen LogP contribution in [0.4, 0.5) is 0 Å². The molecular weight excluding hydrogens is 1430 g/mol. The number of benzene rings is 9. The highest BCUT2D eigenvalue weighted by Gasteiger charge is 2.35. The van der Waals surface area contributed by atoms with Crippen molar-refractivity contribution in [3.8, 4) is 56.4 Å². The van der Waals surface area contributed by atoms with E-state index in [2.05, 4.69) is 95.4 Å². The molecule has 109 heavy (non-hydrogen) atoms. The van der Waals surface area contributed by atoms with Crippen LogP contribution in [0.15, 0.2) is 168 Å². The van der Waals surface area contributed by atoms with Gasteiger partial charge in [-0.3, -0.25) is 47.9 Å². The maximum absolute atomic E-state index is 12.3. The van der Waals surface area contributed by atoms with Crippen molar-refractivity contribution < 1.29 is 68.4 Å². The van der Waals surface area contributed by atoms with Gasteiger partial charge in [0.1, 0.15) is 23.0 Å². The van der Waals surface area contributed by atoms with Crippen LogP contribution < -0.4 is 0 Å². The van der Waals surface area contributed by atoms with E-state index in [9.17, 15) is 68.4 Å². The van der Waals surface area contributed by atoms with Gasteiger partial charge < -0.3 is 20.4 Å². The Hall–Kier alpha value is -11.9. The number of rotatable bonds is 14. The number of ketones is 4. The van der Waals surface area contributed by atoms with Gasteiger partial charge in [-0.05, 0) is 234 Å². The Balaban J connectivity index is 0.000000140. The third-order valence-corrected chi connectivity index (χ3v) is 21.3. The van der Waals surface area contributed by atoms with Crippen LogP contribution >= 0.6 is 37.9 Å². The van der Waals surface area contributed by atoms with Crippen molar-refractivity contribution in [1.29, 1.82) is 0 Å². The zero-order chi connectivity index (χ0) is 79.0. The van der Waals surface area contributed by atoms with Gasteiger partial charge in [0.05, 0.1) is 16.7 Å². The van der Waals surface area contributed by atoms with E-state index in [0.29, 0.717) is 121 Å². The molecule has 6 aliphatic carbocycles. The largest absolute Gasteiger partial charge is 0.507 e. The number of allylic oxidation sites excluding steroid dienone is 7. The molecule has 9 aromatic carbocycles. The summed E-state index contributed by atoms with van der Waals surface area (Å²) in [4.78, 5) is 119. The number of hydrogen-bond donors (Lipinski definition) is 7. The van der Waals surface area contributed by atoms with Crippen LogP contribution in [0, 0.1) is 13.8 Å². The Morgan fingerprint density at radius 1 is 0.422 bits per heavy atom. The molecule has 0 aliphatic heterocycles. The number of Topliss-reactive ketones (excluding diaryl/α,β-unsaturated/α-hetero) is 1. The van der Waals surface area contributed by atoms with Crippen molar-refractivity contribution in [3.63, 3.8) is 0 Å². The van der Waals surface area contributed by atoms with E-state index >= 15 is 0 Å². The van der Waals surface area contributed by atoms with Gasteiger partial charge in [0.25, 0.3) is 0 Å². The van der Waals surface area contributed by atoms with Gasteiger partial charge in [-0.2, -0.15) is 0 Å². The number of carbonyl (C=O) groups is 10. The minimum Gasteiger partial charge on any atom is -0.507 e. The molecule has 17 heteroatoms. The molecule has 0 spiro atoms. The van der Waals surface area contributed by atoms with Crippen LogP contribution in [0.3, 0.4) is 0 Å². The van der Waals surface area contributed by atoms with Crippen LogP contribution in [0.1, 0.15) is 241 Å². The molecule has 0 saturated heterocycles. The highest BCUT2D eigenvalue weighted by atomic mass is 32.1. The van der Waals surface area contributed by atoms with Gasteiger partial charge in [0.15, 0.2) is 60.8 Å². The first-order valence-electron chi connectivity index (χ1n) is 35.1. The predicted octanol–water partition coefficient (Wildman–Crippen LogP) is 20.5. The Morgan fingerprint density at radius 2 is 0.890 bits per heavy atom. The summed E-state index contributed by atoms with van der Waals surface area (Å²) in [6, 6.07) is 28.4. The smallest absolute Gasteiger partial charge is 0.194 e. The predicted molar refractivity (Wildman–Crippen MR) is 440 cm³/mol. The molecule has 4 N–H and O–H groups in total. The lowest BCUT2D eigenvalue weighted by atomic mass is 9.93. The van der Waals surface area contributed by atoms with Crippen molar-refractivity contribution in [2.24, 2.45) is 0 Å². The highest BCUT2D eigenvalue weighted by molar-refractivity contribution is 7.80. The van der Waals surface area contributed by atoms with E-state index in [1.54, 1.807) is 44.2 Å². The number of unbranched alkanes of at least 4 members (excludes halogenated alkanes) is 1. The first kappa shape index (κ1) is 79.7. The number of phenols is 4. The van der Waals surface area contributed by atoms with Crippen molar-refractivity contribution in [2.45, 2.75) is 107 Å². The number of fused-ring (bicyclic) bond motifs is 12. The Kier molecular flexibility index (Phi) is 25.1. The normalized spacial score (nSPS) is 13.1. The van der Waals surface area contributed by atoms with Crippen molar-refractivity contribution in [3.05, 3.63) is 287 Å². The van der Waals surface area contributed by atoms with E-state index in [1.165, 1.54) is 81.9 Å². The topological polar surface area (TPSA) is 252 Å². The van der Waals surface area contributed by atoms with Gasteiger partial charge >= 0.3 is 0 Å². The number of aromatic hydroxyl groups is 4. The minimum atomic E-state index is -0.235. The summed E-state index contributed by atoms with van der Waals surface area (Å²) < 4.78 is 0. The first-order chi connectivity index (χ1) is 52.3. The van der Waals surface area contributed by atoms with Crippen molar-refractivity contribution in [2.75, 3.05) is 0 Å². The third-order valence-electron chi connectivity index (χ3n) is 20.0. The van der Waals surface area contributed by atoms with Crippen LogP contribution in [-0.2, 0) is 19.3 Å². The summed E-state index contributed by atoms with van der Waals surface area (Å²) in [7, 11) is 0. The molecule has 0 unspecified atom stereocenters. The molecule has 0 fully saturated rings. The van der Waals surface area contributed by atoms with Gasteiger partial charge in [-0.1, -0.05) is 113 Å². The Bertz CT molecular complexity index is 5410. The fourth-order valence-electron chi connectivity index (χ4n) is 14.3. The molecule has 9 aromatic rings. The second kappa shape index (κ2) is 34.3. The fourth-order valence-corrected chi connectivity index (χ4v) is 15.3. The average Bonchev–Trinajstić information content (AvgIpc) is 1.60. The van der Waals surface area contributed by atoms with E-state index in [0.717, 1.165) is 122 Å². The van der Waals surface area contributed by atoms with Gasteiger partial charge in [-0.15, -0.1) is 37.9 Å². The van der Waals surface area contributed by atoms with Crippen LogP contribution in [0.2, 0.25) is 0 Å². The molecule has 6 aliphatic rings. The summed E-state index contributed by atoms with van der Waals surface area (Å²) in [5.41, 5.74) is 22.6. The number of aldehydes is 6. The molecule has 548 valence electrons. The molecule has 15 rings (SSSR count). The zero-order valence-electron chi connectivity index (χ0n) is 60.7. The second-order valence-corrected chi connectivity index (χ2v) is 28.1. The van der Waals surface area contributed by atoms with E-state index < -0.39 is 0 Å². The van der Waals surface area contributed by atoms with Gasteiger partial charge in [0, 0.05) is 99.0 Å². The van der Waals surface area contributed by atoms with Crippen LogP contribution in [0.5, 0.6) is 23.0 Å². The molecule has 0 heterocycles. The maximum atomic E-state index is 12.3. The molecule has 0 aromatic heterocycles. The number of thiol groups is 3. The summed E-state index contributed by atoms with van der Waals surface area (Å²) in [5, 5.41) is 39.2. The zero-order valence-corrected chi connectivity index (χ0v) is 63.4. The van der Waals surface area contributed by atoms with E-state index in [4.69, 9.17) is 0 Å². The molecule has 0 atom stereocenters. The maximum Gasteiger partial charge on any atom is 0.194 e. The number of hydrogen-bond acceptors (Lipinski definition) is 17.